The summed E-state index contributed by atoms with van der Waals surface area (Å²) in [5.41, 5.74) is 1.09. The monoisotopic (exact) mass is 184 g/mol. The lowest BCUT2D eigenvalue weighted by atomic mass is 10.2. The summed E-state index contributed by atoms with van der Waals surface area (Å²) < 4.78 is 5.62. The van der Waals surface area contributed by atoms with Gasteiger partial charge in [-0.2, -0.15) is 0 Å². The van der Waals surface area contributed by atoms with E-state index in [2.05, 4.69) is 11.1 Å². The van der Waals surface area contributed by atoms with Crippen LogP contribution in [0.5, 0.6) is 11.5 Å². The summed E-state index contributed by atoms with van der Waals surface area (Å²) in [4.78, 5) is 3.98. The van der Waals surface area contributed by atoms with Crippen LogP contribution >= 0.6 is 0 Å². The number of rotatable bonds is 2. The summed E-state index contributed by atoms with van der Waals surface area (Å²) in [5, 5.41) is 0. The molecule has 1 aromatic carbocycles. The molecule has 2 nitrogen and oxygen atoms in total. The maximum absolute atomic E-state index is 5.62. The molecule has 2 heteroatoms. The molecular formula is C12H10NO. The summed E-state index contributed by atoms with van der Waals surface area (Å²) in [5.74, 6) is 1.57. The molecule has 0 aliphatic carbocycles. The lowest BCUT2D eigenvalue weighted by Crippen LogP contribution is -1.87. The van der Waals surface area contributed by atoms with Gasteiger partial charge in [0.25, 0.3) is 0 Å². The summed E-state index contributed by atoms with van der Waals surface area (Å²) in [6.07, 6.45) is 3.41. The predicted molar refractivity (Wildman–Crippen MR) is 54.3 cm³/mol. The van der Waals surface area contributed by atoms with Crippen LogP contribution in [0, 0.1) is 13.0 Å². The molecule has 0 unspecified atom stereocenters. The Morgan fingerprint density at radius 2 is 2.29 bits per heavy atom. The number of aryl methyl sites for hydroxylation is 1. The van der Waals surface area contributed by atoms with Gasteiger partial charge in [0.1, 0.15) is 11.5 Å². The fraction of sp³-hybridized carbons (Fsp3) is 0.0833. The van der Waals surface area contributed by atoms with Gasteiger partial charge in [0.15, 0.2) is 0 Å². The Morgan fingerprint density at radius 1 is 1.36 bits per heavy atom. The Morgan fingerprint density at radius 3 is 3.00 bits per heavy atom. The second-order valence-corrected chi connectivity index (χ2v) is 2.98. The van der Waals surface area contributed by atoms with Gasteiger partial charge in [0, 0.05) is 6.20 Å². The molecule has 0 atom stereocenters. The van der Waals surface area contributed by atoms with Crippen LogP contribution in [0.3, 0.4) is 0 Å². The Kier molecular flexibility index (Phi) is 2.45. The fourth-order valence-electron chi connectivity index (χ4n) is 1.14. The maximum Gasteiger partial charge on any atom is 0.145 e. The average Bonchev–Trinajstić information content (AvgIpc) is 2.23. The molecule has 2 rings (SSSR count). The van der Waals surface area contributed by atoms with E-state index in [0.29, 0.717) is 0 Å². The molecule has 0 aliphatic heterocycles. The highest BCUT2D eigenvalue weighted by molar-refractivity contribution is 5.35. The first kappa shape index (κ1) is 8.75. The number of hydrogen-bond donors (Lipinski definition) is 0. The van der Waals surface area contributed by atoms with E-state index in [1.54, 1.807) is 12.4 Å². The third-order valence-corrected chi connectivity index (χ3v) is 1.89. The number of ether oxygens (including phenoxy) is 1. The normalized spacial score (nSPS) is 9.79. The number of benzene rings is 1. The third-order valence-electron chi connectivity index (χ3n) is 1.89. The van der Waals surface area contributed by atoms with Gasteiger partial charge in [-0.15, -0.1) is 0 Å². The number of hydrogen-bond acceptors (Lipinski definition) is 2. The molecule has 1 radical (unpaired) electrons. The van der Waals surface area contributed by atoms with Crippen LogP contribution in [0.4, 0.5) is 0 Å². The topological polar surface area (TPSA) is 22.1 Å². The first-order valence-corrected chi connectivity index (χ1v) is 4.41. The van der Waals surface area contributed by atoms with Crippen LogP contribution in [0.25, 0.3) is 0 Å². The van der Waals surface area contributed by atoms with Gasteiger partial charge < -0.3 is 4.74 Å². The maximum atomic E-state index is 5.62. The van der Waals surface area contributed by atoms with E-state index in [4.69, 9.17) is 4.74 Å². The van der Waals surface area contributed by atoms with Crippen LogP contribution in [-0.4, -0.2) is 4.98 Å². The molecule has 0 fully saturated rings. The molecule has 2 aromatic rings. The van der Waals surface area contributed by atoms with Gasteiger partial charge in [-0.3, -0.25) is 4.98 Å². The van der Waals surface area contributed by atoms with Crippen LogP contribution < -0.4 is 4.74 Å². The molecule has 0 amide bonds. The van der Waals surface area contributed by atoms with Crippen molar-refractivity contribution in [3.8, 4) is 11.5 Å². The minimum absolute atomic E-state index is 0.746. The molecule has 1 heterocycles. The minimum atomic E-state index is 0.746. The standard InChI is InChI=1S/C12H10NO/c1-10-5-2-3-7-12(10)14-11-6-4-8-13-9-11/h2,4-9H,1H3. The van der Waals surface area contributed by atoms with E-state index in [0.717, 1.165) is 17.1 Å². The van der Waals surface area contributed by atoms with Gasteiger partial charge in [-0.25, -0.2) is 0 Å². The molecule has 0 aliphatic rings. The van der Waals surface area contributed by atoms with Crippen LogP contribution in [0.15, 0.2) is 42.7 Å². The van der Waals surface area contributed by atoms with E-state index < -0.39 is 0 Å². The molecule has 0 bridgehead atoms. The second kappa shape index (κ2) is 3.92. The summed E-state index contributed by atoms with van der Waals surface area (Å²) in [7, 11) is 0. The van der Waals surface area contributed by atoms with Gasteiger partial charge in [0.05, 0.1) is 6.20 Å². The molecule has 0 N–H and O–H groups in total. The van der Waals surface area contributed by atoms with Crippen LogP contribution in [-0.2, 0) is 0 Å². The highest BCUT2D eigenvalue weighted by atomic mass is 16.5. The third kappa shape index (κ3) is 1.91. The molecule has 0 saturated heterocycles. The Balaban J connectivity index is 2.24. The van der Waals surface area contributed by atoms with Crippen LogP contribution in [0.1, 0.15) is 5.56 Å². The van der Waals surface area contributed by atoms with Crippen molar-refractivity contribution in [3.05, 3.63) is 54.4 Å². The van der Waals surface area contributed by atoms with Crippen molar-refractivity contribution in [2.24, 2.45) is 0 Å². The smallest absolute Gasteiger partial charge is 0.145 e. The number of aromatic nitrogens is 1. The van der Waals surface area contributed by atoms with Crippen LogP contribution in [0.2, 0.25) is 0 Å². The second-order valence-electron chi connectivity index (χ2n) is 2.98. The van der Waals surface area contributed by atoms with E-state index in [1.165, 1.54) is 0 Å². The van der Waals surface area contributed by atoms with Gasteiger partial charge in [-0.05, 0) is 36.8 Å². The number of pyridine rings is 1. The van der Waals surface area contributed by atoms with Gasteiger partial charge in [-0.1, -0.05) is 12.1 Å². The fourth-order valence-corrected chi connectivity index (χ4v) is 1.14. The SMILES string of the molecule is Cc1cc[c]cc1Oc1cccnc1. The molecule has 69 valence electrons. The van der Waals surface area contributed by atoms with Crippen molar-refractivity contribution < 1.29 is 4.74 Å². The van der Waals surface area contributed by atoms with E-state index in [9.17, 15) is 0 Å². The van der Waals surface area contributed by atoms with Crippen molar-refractivity contribution in [3.63, 3.8) is 0 Å². The minimum Gasteiger partial charge on any atom is -0.455 e. The molecule has 0 spiro atoms. The van der Waals surface area contributed by atoms with Gasteiger partial charge in [0.2, 0.25) is 0 Å². The molecule has 14 heavy (non-hydrogen) atoms. The highest BCUT2D eigenvalue weighted by Crippen LogP contribution is 2.22. The highest BCUT2D eigenvalue weighted by Gasteiger charge is 1.98. The quantitative estimate of drug-likeness (QED) is 0.715. The van der Waals surface area contributed by atoms with Crippen molar-refractivity contribution >= 4 is 0 Å². The molecule has 0 saturated carbocycles. The van der Waals surface area contributed by atoms with E-state index in [1.807, 2.05) is 37.3 Å². The first-order valence-electron chi connectivity index (χ1n) is 4.41. The lowest BCUT2D eigenvalue weighted by molar-refractivity contribution is 0.476. The summed E-state index contributed by atoms with van der Waals surface area (Å²) >= 11 is 0. The largest absolute Gasteiger partial charge is 0.455 e. The molecular weight excluding hydrogens is 174 g/mol. The van der Waals surface area contributed by atoms with Crippen molar-refractivity contribution in [1.82, 2.24) is 4.98 Å². The zero-order valence-electron chi connectivity index (χ0n) is 7.90. The van der Waals surface area contributed by atoms with E-state index in [-0.39, 0.29) is 0 Å². The lowest BCUT2D eigenvalue weighted by Gasteiger charge is -2.06. The predicted octanol–water partition coefficient (Wildman–Crippen LogP) is 2.98. The number of nitrogens with zero attached hydrogens (tertiary/aromatic N) is 1. The zero-order chi connectivity index (χ0) is 9.80. The first-order chi connectivity index (χ1) is 6.86. The van der Waals surface area contributed by atoms with E-state index >= 15 is 0 Å². The van der Waals surface area contributed by atoms with Crippen molar-refractivity contribution in [1.29, 1.82) is 0 Å². The Bertz CT molecular complexity index is 412. The van der Waals surface area contributed by atoms with Crippen molar-refractivity contribution in [2.45, 2.75) is 6.92 Å². The zero-order valence-corrected chi connectivity index (χ0v) is 7.90. The van der Waals surface area contributed by atoms with Gasteiger partial charge >= 0.3 is 0 Å². The van der Waals surface area contributed by atoms with Crippen molar-refractivity contribution in [2.75, 3.05) is 0 Å². The average molecular weight is 184 g/mol. The molecule has 1 aromatic heterocycles. The summed E-state index contributed by atoms with van der Waals surface area (Å²) in [6, 6.07) is 12.3. The Labute approximate surface area is 83.2 Å². The Hall–Kier alpha value is -1.83. The summed E-state index contributed by atoms with van der Waals surface area (Å²) in [6.45, 7) is 2.00.